The molecule has 1 atom stereocenters. The van der Waals surface area contributed by atoms with Crippen molar-refractivity contribution in [2.75, 3.05) is 18.9 Å². The number of carbonyl (C=O) groups is 1. The number of hydrogen-bond acceptors (Lipinski definition) is 6. The lowest BCUT2D eigenvalue weighted by Crippen LogP contribution is -2.53. The van der Waals surface area contributed by atoms with E-state index in [2.05, 4.69) is 15.4 Å². The quantitative estimate of drug-likeness (QED) is 0.694. The van der Waals surface area contributed by atoms with Crippen LogP contribution in [-0.4, -0.2) is 33.9 Å². The molecule has 8 nitrogen and oxygen atoms in total. The molecule has 3 N–H and O–H groups in total. The summed E-state index contributed by atoms with van der Waals surface area (Å²) in [6.07, 6.45) is 2.93. The fourth-order valence-corrected chi connectivity index (χ4v) is 4.28. The van der Waals surface area contributed by atoms with E-state index in [1.807, 2.05) is 44.2 Å². The van der Waals surface area contributed by atoms with E-state index in [9.17, 15) is 4.79 Å². The predicted octanol–water partition coefficient (Wildman–Crippen LogP) is 2.52. The number of nitrogens with two attached hydrogens (primary N) is 1. The van der Waals surface area contributed by atoms with Gasteiger partial charge in [-0.15, -0.1) is 0 Å². The molecule has 0 bridgehead atoms. The SMILES string of the molecule is CCOc1ccc2c(c1)OCC[C@]21Cc2nn(-c3ccc(C)cn3)c(N)c2C(=O)N1. The number of hydrogen-bond donors (Lipinski definition) is 2. The molecule has 4 heterocycles. The van der Waals surface area contributed by atoms with Crippen LogP contribution < -0.4 is 20.5 Å². The van der Waals surface area contributed by atoms with Crippen LogP contribution in [0.5, 0.6) is 11.5 Å². The van der Waals surface area contributed by atoms with Gasteiger partial charge in [-0.1, -0.05) is 6.07 Å². The van der Waals surface area contributed by atoms with Gasteiger partial charge in [-0.3, -0.25) is 4.79 Å². The van der Waals surface area contributed by atoms with Crippen molar-refractivity contribution in [2.45, 2.75) is 32.2 Å². The number of fused-ring (bicyclic) bond motifs is 3. The van der Waals surface area contributed by atoms with Crippen LogP contribution in [0.2, 0.25) is 0 Å². The summed E-state index contributed by atoms with van der Waals surface area (Å²) in [6, 6.07) is 9.53. The number of aryl methyl sites for hydroxylation is 1. The predicted molar refractivity (Wildman–Crippen MR) is 111 cm³/mol. The highest BCUT2D eigenvalue weighted by molar-refractivity contribution is 6.01. The topological polar surface area (TPSA) is 104 Å². The summed E-state index contributed by atoms with van der Waals surface area (Å²) in [5.41, 5.74) is 8.77. The third-order valence-electron chi connectivity index (χ3n) is 5.72. The Bertz CT molecular complexity index is 1140. The van der Waals surface area contributed by atoms with Crippen LogP contribution in [0.25, 0.3) is 5.82 Å². The summed E-state index contributed by atoms with van der Waals surface area (Å²) in [5, 5.41) is 7.87. The fourth-order valence-electron chi connectivity index (χ4n) is 4.28. The van der Waals surface area contributed by atoms with Crippen molar-refractivity contribution in [3.05, 3.63) is 58.9 Å². The summed E-state index contributed by atoms with van der Waals surface area (Å²) in [5.74, 6) is 2.13. The van der Waals surface area contributed by atoms with Gasteiger partial charge in [0.25, 0.3) is 5.91 Å². The highest BCUT2D eigenvalue weighted by Gasteiger charge is 2.45. The van der Waals surface area contributed by atoms with Crippen molar-refractivity contribution in [3.8, 4) is 17.3 Å². The molecule has 8 heteroatoms. The zero-order valence-corrected chi connectivity index (χ0v) is 16.9. The van der Waals surface area contributed by atoms with Crippen molar-refractivity contribution < 1.29 is 14.3 Å². The van der Waals surface area contributed by atoms with Crippen molar-refractivity contribution in [2.24, 2.45) is 0 Å². The van der Waals surface area contributed by atoms with Crippen LogP contribution in [0.4, 0.5) is 5.82 Å². The third kappa shape index (κ3) is 2.79. The van der Waals surface area contributed by atoms with Crippen LogP contribution in [0.1, 0.15) is 40.5 Å². The molecule has 0 saturated carbocycles. The first-order valence-electron chi connectivity index (χ1n) is 10.0. The number of pyridine rings is 1. The standard InChI is InChI=1S/C22H23N5O3/c1-3-29-14-5-6-15-17(10-14)30-9-8-22(15)11-16-19(21(28)25-22)20(23)27(26-16)18-7-4-13(2)12-24-18/h4-7,10,12H,3,8-9,11,23H2,1-2H3,(H,25,28)/t22-/m0/s1. The van der Waals surface area contributed by atoms with Gasteiger partial charge in [0.2, 0.25) is 0 Å². The van der Waals surface area contributed by atoms with E-state index in [0.717, 1.165) is 22.6 Å². The Morgan fingerprint density at radius 2 is 2.20 bits per heavy atom. The van der Waals surface area contributed by atoms with E-state index >= 15 is 0 Å². The number of nitrogens with zero attached hydrogens (tertiary/aromatic N) is 3. The Morgan fingerprint density at radius 1 is 1.33 bits per heavy atom. The maximum Gasteiger partial charge on any atom is 0.257 e. The number of anilines is 1. The van der Waals surface area contributed by atoms with E-state index in [0.29, 0.717) is 48.9 Å². The number of amides is 1. The van der Waals surface area contributed by atoms with Crippen molar-refractivity contribution in [3.63, 3.8) is 0 Å². The van der Waals surface area contributed by atoms with Gasteiger partial charge in [0.15, 0.2) is 5.82 Å². The molecule has 0 saturated heterocycles. The zero-order valence-electron chi connectivity index (χ0n) is 16.9. The summed E-state index contributed by atoms with van der Waals surface area (Å²) < 4.78 is 13.0. The Labute approximate surface area is 174 Å². The average Bonchev–Trinajstić information content (AvgIpc) is 3.05. The largest absolute Gasteiger partial charge is 0.494 e. The van der Waals surface area contributed by atoms with Gasteiger partial charge in [0.05, 0.1) is 24.4 Å². The van der Waals surface area contributed by atoms with E-state index in [-0.39, 0.29) is 5.91 Å². The molecule has 0 fully saturated rings. The first kappa shape index (κ1) is 18.5. The number of nitrogen functional groups attached to an aromatic ring is 1. The second kappa shape index (κ2) is 6.76. The van der Waals surface area contributed by atoms with Crippen LogP contribution in [0, 0.1) is 6.92 Å². The molecule has 1 amide bonds. The number of benzene rings is 1. The zero-order chi connectivity index (χ0) is 20.9. The highest BCUT2D eigenvalue weighted by Crippen LogP contribution is 2.44. The van der Waals surface area contributed by atoms with Crippen LogP contribution in [0.15, 0.2) is 36.5 Å². The van der Waals surface area contributed by atoms with E-state index < -0.39 is 5.54 Å². The second-order valence-electron chi connectivity index (χ2n) is 7.71. The Balaban J connectivity index is 1.57. The molecule has 0 radical (unpaired) electrons. The molecule has 2 aromatic heterocycles. The van der Waals surface area contributed by atoms with Crippen LogP contribution >= 0.6 is 0 Å². The molecule has 0 unspecified atom stereocenters. The molecular weight excluding hydrogens is 382 g/mol. The number of carbonyl (C=O) groups excluding carboxylic acids is 1. The van der Waals surface area contributed by atoms with Gasteiger partial charge in [-0.25, -0.2) is 4.98 Å². The molecule has 154 valence electrons. The molecule has 1 spiro atoms. The average molecular weight is 405 g/mol. The molecule has 30 heavy (non-hydrogen) atoms. The van der Waals surface area contributed by atoms with E-state index in [1.165, 1.54) is 0 Å². The number of ether oxygens (including phenoxy) is 2. The minimum atomic E-state index is -0.589. The summed E-state index contributed by atoms with van der Waals surface area (Å²) in [7, 11) is 0. The highest BCUT2D eigenvalue weighted by atomic mass is 16.5. The molecule has 0 aliphatic carbocycles. The fraction of sp³-hybridized carbons (Fsp3) is 0.318. The van der Waals surface area contributed by atoms with Crippen LogP contribution in [0.3, 0.4) is 0 Å². The Kier molecular flexibility index (Phi) is 4.16. The smallest absolute Gasteiger partial charge is 0.257 e. The summed E-state index contributed by atoms with van der Waals surface area (Å²) >= 11 is 0. The van der Waals surface area contributed by atoms with E-state index in [4.69, 9.17) is 15.2 Å². The number of rotatable bonds is 3. The maximum absolute atomic E-state index is 13.1. The van der Waals surface area contributed by atoms with Gasteiger partial charge in [-0.2, -0.15) is 9.78 Å². The number of nitrogens with one attached hydrogen (secondary N) is 1. The first-order valence-corrected chi connectivity index (χ1v) is 10.0. The molecule has 1 aromatic carbocycles. The summed E-state index contributed by atoms with van der Waals surface area (Å²) in [6.45, 7) is 4.97. The molecular formula is C22H23N5O3. The van der Waals surface area contributed by atoms with Gasteiger partial charge >= 0.3 is 0 Å². The lowest BCUT2D eigenvalue weighted by molar-refractivity contribution is 0.0830. The normalized spacial score (nSPS) is 19.6. The van der Waals surface area contributed by atoms with Gasteiger partial charge in [-0.05, 0) is 37.6 Å². The molecule has 5 rings (SSSR count). The van der Waals surface area contributed by atoms with Crippen molar-refractivity contribution >= 4 is 11.7 Å². The number of aromatic nitrogens is 3. The van der Waals surface area contributed by atoms with Crippen LogP contribution in [-0.2, 0) is 12.0 Å². The minimum absolute atomic E-state index is 0.228. The molecule has 2 aliphatic heterocycles. The second-order valence-corrected chi connectivity index (χ2v) is 7.71. The lowest BCUT2D eigenvalue weighted by Gasteiger charge is -2.41. The van der Waals surface area contributed by atoms with Crippen molar-refractivity contribution in [1.82, 2.24) is 20.1 Å². The first-order chi connectivity index (χ1) is 14.5. The van der Waals surface area contributed by atoms with Gasteiger partial charge < -0.3 is 20.5 Å². The van der Waals surface area contributed by atoms with Gasteiger partial charge in [0.1, 0.15) is 22.9 Å². The maximum atomic E-state index is 13.1. The molecule has 2 aliphatic rings. The third-order valence-corrected chi connectivity index (χ3v) is 5.72. The molecule has 3 aromatic rings. The Hall–Kier alpha value is -3.55. The summed E-state index contributed by atoms with van der Waals surface area (Å²) in [4.78, 5) is 17.5. The van der Waals surface area contributed by atoms with Gasteiger partial charge in [0, 0.05) is 30.7 Å². The monoisotopic (exact) mass is 405 g/mol. The van der Waals surface area contributed by atoms with E-state index in [1.54, 1.807) is 10.9 Å². The lowest BCUT2D eigenvalue weighted by atomic mass is 9.77. The Morgan fingerprint density at radius 3 is 2.97 bits per heavy atom. The minimum Gasteiger partial charge on any atom is -0.494 e. The van der Waals surface area contributed by atoms with Crippen molar-refractivity contribution in [1.29, 1.82) is 0 Å².